The van der Waals surface area contributed by atoms with Crippen molar-refractivity contribution in [1.82, 2.24) is 4.31 Å². The van der Waals surface area contributed by atoms with Crippen molar-refractivity contribution in [1.29, 1.82) is 0 Å². The molecule has 0 saturated carbocycles. The lowest BCUT2D eigenvalue weighted by molar-refractivity contribution is 0.102. The molecule has 106 valence electrons. The second-order valence-electron chi connectivity index (χ2n) is 4.44. The highest BCUT2D eigenvalue weighted by Crippen LogP contribution is 2.28. The predicted octanol–water partition coefficient (Wildman–Crippen LogP) is 1.18. The van der Waals surface area contributed by atoms with E-state index in [2.05, 4.69) is 0 Å². The normalized spacial score (nSPS) is 23.9. The molecule has 1 aliphatic rings. The second kappa shape index (κ2) is 5.45. The first-order valence-electron chi connectivity index (χ1n) is 5.83. The molecule has 0 aromatic carbocycles. The summed E-state index contributed by atoms with van der Waals surface area (Å²) in [7, 11) is -1.92. The van der Waals surface area contributed by atoms with Crippen LogP contribution in [0.2, 0.25) is 0 Å². The Morgan fingerprint density at radius 1 is 1.58 bits per heavy atom. The van der Waals surface area contributed by atoms with E-state index >= 15 is 0 Å². The first-order chi connectivity index (χ1) is 8.84. The highest BCUT2D eigenvalue weighted by molar-refractivity contribution is 7.91. The quantitative estimate of drug-likeness (QED) is 0.844. The molecule has 1 aliphatic heterocycles. The Balaban J connectivity index is 2.28. The van der Waals surface area contributed by atoms with Gasteiger partial charge >= 0.3 is 0 Å². The Morgan fingerprint density at radius 3 is 2.74 bits per heavy atom. The lowest BCUT2D eigenvalue weighted by atomic mass is 10.2. The molecular formula is C11H16N2O3S3. The van der Waals surface area contributed by atoms with E-state index in [4.69, 9.17) is 22.7 Å². The van der Waals surface area contributed by atoms with Crippen LogP contribution < -0.4 is 5.73 Å². The summed E-state index contributed by atoms with van der Waals surface area (Å²) in [5.41, 5.74) is 5.50. The number of nitrogens with two attached hydrogens (primary N) is 1. The Bertz CT molecular complexity index is 582. The number of hydrogen-bond acceptors (Lipinski definition) is 5. The van der Waals surface area contributed by atoms with Gasteiger partial charge in [-0.1, -0.05) is 12.2 Å². The maximum Gasteiger partial charge on any atom is 0.252 e. The molecule has 2 N–H and O–H groups in total. The summed E-state index contributed by atoms with van der Waals surface area (Å²) in [6.07, 6.45) is 0.625. The minimum Gasteiger partial charge on any atom is -0.389 e. The fourth-order valence-corrected chi connectivity index (χ4v) is 5.09. The maximum atomic E-state index is 12.5. The van der Waals surface area contributed by atoms with Crippen LogP contribution in [0.4, 0.5) is 0 Å². The Morgan fingerprint density at radius 2 is 2.26 bits per heavy atom. The molecule has 0 aliphatic carbocycles. The van der Waals surface area contributed by atoms with Crippen LogP contribution in [-0.4, -0.2) is 43.5 Å². The SMILES string of the molecule is CC1OCCC1N(C)S(=O)(=O)c1ccc(C(N)=S)s1. The van der Waals surface area contributed by atoms with Crippen LogP contribution in [0, 0.1) is 0 Å². The number of sulfonamides is 1. The summed E-state index contributed by atoms with van der Waals surface area (Å²) in [6, 6.07) is 3.06. The molecule has 1 aromatic rings. The smallest absolute Gasteiger partial charge is 0.252 e. The van der Waals surface area contributed by atoms with Gasteiger partial charge in [0.1, 0.15) is 9.20 Å². The van der Waals surface area contributed by atoms with E-state index in [1.54, 1.807) is 19.2 Å². The number of nitrogens with zero attached hydrogens (tertiary/aromatic N) is 1. The molecule has 0 spiro atoms. The number of rotatable bonds is 4. The van der Waals surface area contributed by atoms with Crippen LogP contribution in [0.3, 0.4) is 0 Å². The van der Waals surface area contributed by atoms with Gasteiger partial charge in [0.25, 0.3) is 10.0 Å². The minimum atomic E-state index is -3.51. The van der Waals surface area contributed by atoms with Crippen LogP contribution in [0.25, 0.3) is 0 Å². The van der Waals surface area contributed by atoms with E-state index in [1.165, 1.54) is 4.31 Å². The van der Waals surface area contributed by atoms with Gasteiger partial charge in [0.2, 0.25) is 0 Å². The average molecular weight is 320 g/mol. The van der Waals surface area contributed by atoms with Gasteiger partial charge in [0.15, 0.2) is 0 Å². The Hall–Kier alpha value is -0.540. The van der Waals surface area contributed by atoms with E-state index in [0.717, 1.165) is 11.3 Å². The zero-order valence-electron chi connectivity index (χ0n) is 10.7. The van der Waals surface area contributed by atoms with Crippen LogP contribution in [0.1, 0.15) is 18.2 Å². The molecule has 2 rings (SSSR count). The summed E-state index contributed by atoms with van der Waals surface area (Å²) in [4.78, 5) is 0.823. The van der Waals surface area contributed by atoms with Crippen LogP contribution in [-0.2, 0) is 14.8 Å². The van der Waals surface area contributed by atoms with Crippen molar-refractivity contribution in [2.75, 3.05) is 13.7 Å². The molecule has 2 unspecified atom stereocenters. The van der Waals surface area contributed by atoms with Crippen molar-refractivity contribution in [2.24, 2.45) is 5.73 Å². The van der Waals surface area contributed by atoms with Gasteiger partial charge in [-0.3, -0.25) is 0 Å². The molecule has 8 heteroatoms. The van der Waals surface area contributed by atoms with Crippen molar-refractivity contribution in [3.63, 3.8) is 0 Å². The van der Waals surface area contributed by atoms with Gasteiger partial charge in [0, 0.05) is 13.7 Å². The number of ether oxygens (including phenoxy) is 1. The van der Waals surface area contributed by atoms with Gasteiger partial charge in [-0.2, -0.15) is 4.31 Å². The van der Waals surface area contributed by atoms with Crippen molar-refractivity contribution in [3.05, 3.63) is 17.0 Å². The third kappa shape index (κ3) is 2.82. The van der Waals surface area contributed by atoms with Crippen molar-refractivity contribution >= 4 is 38.6 Å². The number of likely N-dealkylation sites (N-methyl/N-ethyl adjacent to an activating group) is 1. The van der Waals surface area contributed by atoms with E-state index in [-0.39, 0.29) is 21.3 Å². The largest absolute Gasteiger partial charge is 0.389 e. The van der Waals surface area contributed by atoms with E-state index in [9.17, 15) is 8.42 Å². The monoisotopic (exact) mass is 320 g/mol. The summed E-state index contributed by atoms with van der Waals surface area (Å²) in [6.45, 7) is 2.48. The van der Waals surface area contributed by atoms with Crippen LogP contribution >= 0.6 is 23.6 Å². The molecule has 1 aromatic heterocycles. The molecule has 5 nitrogen and oxygen atoms in total. The molecule has 0 amide bonds. The fraction of sp³-hybridized carbons (Fsp3) is 0.545. The third-order valence-electron chi connectivity index (χ3n) is 3.26. The number of thiophene rings is 1. The maximum absolute atomic E-state index is 12.5. The van der Waals surface area contributed by atoms with E-state index in [0.29, 0.717) is 17.9 Å². The lowest BCUT2D eigenvalue weighted by Crippen LogP contribution is -2.40. The molecule has 2 atom stereocenters. The molecule has 0 bridgehead atoms. The highest BCUT2D eigenvalue weighted by atomic mass is 32.2. The molecular weight excluding hydrogens is 304 g/mol. The Labute approximate surface area is 122 Å². The van der Waals surface area contributed by atoms with E-state index < -0.39 is 10.0 Å². The lowest BCUT2D eigenvalue weighted by Gasteiger charge is -2.25. The number of hydrogen-bond donors (Lipinski definition) is 1. The van der Waals surface area contributed by atoms with Crippen molar-refractivity contribution < 1.29 is 13.2 Å². The molecule has 0 radical (unpaired) electrons. The third-order valence-corrected chi connectivity index (χ3v) is 7.08. The summed E-state index contributed by atoms with van der Waals surface area (Å²) in [5, 5.41) is 0. The molecule has 2 heterocycles. The van der Waals surface area contributed by atoms with Crippen molar-refractivity contribution in [2.45, 2.75) is 29.7 Å². The predicted molar refractivity (Wildman–Crippen MR) is 79.0 cm³/mol. The standard InChI is InChI=1S/C11H16N2O3S3/c1-7-8(5-6-16-7)13(2)19(14,15)10-4-3-9(18-10)11(12)17/h3-4,7-8H,5-6H2,1-2H3,(H2,12,17). The highest BCUT2D eigenvalue weighted by Gasteiger charge is 2.35. The first-order valence-corrected chi connectivity index (χ1v) is 8.50. The minimum absolute atomic E-state index is 0.0882. The summed E-state index contributed by atoms with van der Waals surface area (Å²) >= 11 is 5.95. The summed E-state index contributed by atoms with van der Waals surface area (Å²) < 4.78 is 32.1. The Kier molecular flexibility index (Phi) is 4.26. The second-order valence-corrected chi connectivity index (χ2v) is 8.18. The van der Waals surface area contributed by atoms with E-state index in [1.807, 2.05) is 6.92 Å². The van der Waals surface area contributed by atoms with Gasteiger partial charge in [-0.05, 0) is 25.5 Å². The molecule has 19 heavy (non-hydrogen) atoms. The molecule has 1 saturated heterocycles. The van der Waals surface area contributed by atoms with Crippen LogP contribution in [0.5, 0.6) is 0 Å². The zero-order valence-corrected chi connectivity index (χ0v) is 13.1. The fourth-order valence-electron chi connectivity index (χ4n) is 2.11. The van der Waals surface area contributed by atoms with Gasteiger partial charge in [-0.15, -0.1) is 11.3 Å². The first kappa shape index (κ1) is 14.9. The average Bonchev–Trinajstić information content (AvgIpc) is 2.96. The molecule has 1 fully saturated rings. The van der Waals surface area contributed by atoms with Gasteiger partial charge < -0.3 is 10.5 Å². The zero-order chi connectivity index (χ0) is 14.2. The van der Waals surface area contributed by atoms with Crippen LogP contribution in [0.15, 0.2) is 16.3 Å². The topological polar surface area (TPSA) is 72.6 Å². The van der Waals surface area contributed by atoms with Gasteiger partial charge in [0.05, 0.1) is 17.0 Å². The summed E-state index contributed by atoms with van der Waals surface area (Å²) in [5.74, 6) is 0. The van der Waals surface area contributed by atoms with Gasteiger partial charge in [-0.25, -0.2) is 8.42 Å². The number of thiocarbonyl (C=S) groups is 1. The van der Waals surface area contributed by atoms with Crippen molar-refractivity contribution in [3.8, 4) is 0 Å².